The molecule has 1 heterocycles. The molecule has 0 aromatic heterocycles. The quantitative estimate of drug-likeness (QED) is 0.384. The second-order valence-corrected chi connectivity index (χ2v) is 6.17. The number of nitro benzene ring substituents is 1. The van der Waals surface area contributed by atoms with Crippen LogP contribution in [0.25, 0.3) is 6.08 Å². The first-order chi connectivity index (χ1) is 14.5. The summed E-state index contributed by atoms with van der Waals surface area (Å²) in [7, 11) is 0. The molecular formula is C21H17N3O6. The third kappa shape index (κ3) is 4.66. The van der Waals surface area contributed by atoms with Crippen LogP contribution in [0.1, 0.15) is 23.6 Å². The summed E-state index contributed by atoms with van der Waals surface area (Å²) in [5.74, 6) is 1.35. The first-order valence-electron chi connectivity index (χ1n) is 8.98. The molecule has 0 fully saturated rings. The molecule has 0 saturated carbocycles. The van der Waals surface area contributed by atoms with E-state index >= 15 is 0 Å². The van der Waals surface area contributed by atoms with Crippen LogP contribution in [0.15, 0.2) is 35.9 Å². The molecule has 0 N–H and O–H groups in total. The highest BCUT2D eigenvalue weighted by Gasteiger charge is 2.21. The van der Waals surface area contributed by atoms with Crippen molar-refractivity contribution < 1.29 is 23.9 Å². The van der Waals surface area contributed by atoms with E-state index in [2.05, 4.69) is 0 Å². The molecule has 1 aliphatic heterocycles. The Bertz CT molecular complexity index is 1070. The van der Waals surface area contributed by atoms with Gasteiger partial charge < -0.3 is 18.9 Å². The van der Waals surface area contributed by atoms with Crippen molar-refractivity contribution in [1.82, 2.24) is 0 Å². The molecular weight excluding hydrogens is 390 g/mol. The highest BCUT2D eigenvalue weighted by atomic mass is 16.7. The lowest BCUT2D eigenvalue weighted by Crippen LogP contribution is -2.14. The van der Waals surface area contributed by atoms with Crippen LogP contribution in [0.2, 0.25) is 0 Å². The molecule has 2 aromatic carbocycles. The van der Waals surface area contributed by atoms with Gasteiger partial charge in [0.1, 0.15) is 30.1 Å². The van der Waals surface area contributed by atoms with E-state index < -0.39 is 4.92 Å². The van der Waals surface area contributed by atoms with Crippen LogP contribution in [0.3, 0.4) is 0 Å². The van der Waals surface area contributed by atoms with Crippen molar-refractivity contribution in [2.75, 3.05) is 13.4 Å². The number of nitrogens with zero attached hydrogens (tertiary/aromatic N) is 3. The number of ether oxygens (including phenoxy) is 4. The first-order valence-corrected chi connectivity index (χ1v) is 8.98. The van der Waals surface area contributed by atoms with Crippen molar-refractivity contribution in [1.29, 1.82) is 10.5 Å². The van der Waals surface area contributed by atoms with Gasteiger partial charge in [-0.25, -0.2) is 0 Å². The summed E-state index contributed by atoms with van der Waals surface area (Å²) in [4.78, 5) is 10.8. The van der Waals surface area contributed by atoms with Crippen LogP contribution in [0.5, 0.6) is 17.2 Å². The minimum atomic E-state index is -0.479. The van der Waals surface area contributed by atoms with Crippen molar-refractivity contribution in [3.63, 3.8) is 0 Å². The molecule has 2 aromatic rings. The highest BCUT2D eigenvalue weighted by molar-refractivity contribution is 5.64. The standard InChI is InChI=1S/C21H17N3O6/c1-2-28-20-6-14(5-15(9-22)10-23)3-4-19(20)29-12-17-8-18(24(25)26)7-16-11-27-13-30-21(16)17/h3-8H,2,11-13H2,1H3. The monoisotopic (exact) mass is 407 g/mol. The van der Waals surface area contributed by atoms with Crippen molar-refractivity contribution in [3.05, 3.63) is 62.7 Å². The Morgan fingerprint density at radius 3 is 2.73 bits per heavy atom. The Hall–Kier alpha value is -4.08. The maximum atomic E-state index is 11.2. The number of rotatable bonds is 7. The summed E-state index contributed by atoms with van der Waals surface area (Å²) in [6.07, 6.45) is 1.44. The number of fused-ring (bicyclic) bond motifs is 1. The molecule has 0 spiro atoms. The molecule has 9 nitrogen and oxygen atoms in total. The van der Waals surface area contributed by atoms with Gasteiger partial charge in [0.15, 0.2) is 18.3 Å². The van der Waals surface area contributed by atoms with Gasteiger partial charge in [0.2, 0.25) is 0 Å². The number of non-ortho nitro benzene ring substituents is 1. The number of allylic oxidation sites excluding steroid dienone is 1. The van der Waals surface area contributed by atoms with E-state index in [-0.39, 0.29) is 31.3 Å². The van der Waals surface area contributed by atoms with E-state index in [9.17, 15) is 10.1 Å². The topological polar surface area (TPSA) is 128 Å². The second-order valence-electron chi connectivity index (χ2n) is 6.17. The smallest absolute Gasteiger partial charge is 0.270 e. The van der Waals surface area contributed by atoms with E-state index in [4.69, 9.17) is 29.5 Å². The van der Waals surface area contributed by atoms with Crippen LogP contribution in [0.4, 0.5) is 5.69 Å². The van der Waals surface area contributed by atoms with Gasteiger partial charge in [0.25, 0.3) is 5.69 Å². The number of nitro groups is 1. The zero-order chi connectivity index (χ0) is 21.5. The van der Waals surface area contributed by atoms with E-state index in [1.54, 1.807) is 30.3 Å². The van der Waals surface area contributed by atoms with Crippen molar-refractivity contribution in [2.24, 2.45) is 0 Å². The third-order valence-electron chi connectivity index (χ3n) is 4.19. The molecule has 0 radical (unpaired) electrons. The van der Waals surface area contributed by atoms with Gasteiger partial charge in [-0.3, -0.25) is 10.1 Å². The molecule has 0 atom stereocenters. The highest BCUT2D eigenvalue weighted by Crippen LogP contribution is 2.35. The van der Waals surface area contributed by atoms with E-state index in [0.717, 1.165) is 0 Å². The summed E-state index contributed by atoms with van der Waals surface area (Å²) in [6.45, 7) is 2.48. The fourth-order valence-corrected chi connectivity index (χ4v) is 2.91. The SMILES string of the molecule is CCOc1cc(C=C(C#N)C#N)ccc1OCc1cc([N+](=O)[O-])cc2c1OCOC2. The van der Waals surface area contributed by atoms with E-state index in [1.807, 2.05) is 6.92 Å². The first kappa shape index (κ1) is 20.6. The van der Waals surface area contributed by atoms with Crippen molar-refractivity contribution >= 4 is 11.8 Å². The third-order valence-corrected chi connectivity index (χ3v) is 4.19. The minimum absolute atomic E-state index is 0.0148. The maximum absolute atomic E-state index is 11.2. The largest absolute Gasteiger partial charge is 0.490 e. The fraction of sp³-hybridized carbons (Fsp3) is 0.238. The molecule has 0 bridgehead atoms. The molecule has 30 heavy (non-hydrogen) atoms. The fourth-order valence-electron chi connectivity index (χ4n) is 2.91. The van der Waals surface area contributed by atoms with Gasteiger partial charge in [0.05, 0.1) is 18.1 Å². The number of hydrogen-bond donors (Lipinski definition) is 0. The molecule has 0 saturated heterocycles. The Morgan fingerprint density at radius 1 is 1.23 bits per heavy atom. The lowest BCUT2D eigenvalue weighted by atomic mass is 10.1. The Morgan fingerprint density at radius 2 is 2.03 bits per heavy atom. The summed E-state index contributed by atoms with van der Waals surface area (Å²) >= 11 is 0. The van der Waals surface area contributed by atoms with Gasteiger partial charge in [-0.15, -0.1) is 0 Å². The predicted octanol–water partition coefficient (Wildman–Crippen LogP) is 3.87. The Kier molecular flexibility index (Phi) is 6.48. The van der Waals surface area contributed by atoms with Crippen LogP contribution >= 0.6 is 0 Å². The average molecular weight is 407 g/mol. The summed E-state index contributed by atoms with van der Waals surface area (Å²) < 4.78 is 22.2. The molecule has 0 aliphatic carbocycles. The van der Waals surface area contributed by atoms with Crippen LogP contribution in [-0.4, -0.2) is 18.3 Å². The summed E-state index contributed by atoms with van der Waals surface area (Å²) in [6, 6.07) is 11.4. The molecule has 1 aliphatic rings. The summed E-state index contributed by atoms with van der Waals surface area (Å²) in [5, 5.41) is 29.1. The maximum Gasteiger partial charge on any atom is 0.270 e. The number of hydrogen-bond acceptors (Lipinski definition) is 8. The lowest BCUT2D eigenvalue weighted by Gasteiger charge is -2.21. The van der Waals surface area contributed by atoms with Crippen molar-refractivity contribution in [2.45, 2.75) is 20.1 Å². The molecule has 3 rings (SSSR count). The molecule has 152 valence electrons. The van der Waals surface area contributed by atoms with Gasteiger partial charge in [-0.2, -0.15) is 10.5 Å². The second kappa shape index (κ2) is 9.41. The normalized spacial score (nSPS) is 11.8. The minimum Gasteiger partial charge on any atom is -0.490 e. The van der Waals surface area contributed by atoms with Crippen LogP contribution in [0, 0.1) is 32.8 Å². The molecule has 9 heteroatoms. The van der Waals surface area contributed by atoms with Gasteiger partial charge in [-0.05, 0) is 30.7 Å². The Balaban J connectivity index is 1.89. The van der Waals surface area contributed by atoms with Crippen molar-refractivity contribution in [3.8, 4) is 29.4 Å². The van der Waals surface area contributed by atoms with Gasteiger partial charge >= 0.3 is 0 Å². The molecule has 0 amide bonds. The Labute approximate surface area is 172 Å². The summed E-state index contributed by atoms with van der Waals surface area (Å²) in [5.41, 5.74) is 1.60. The van der Waals surface area contributed by atoms with Gasteiger partial charge in [0, 0.05) is 23.3 Å². The van der Waals surface area contributed by atoms with Crippen LogP contribution < -0.4 is 14.2 Å². The number of nitriles is 2. The zero-order valence-electron chi connectivity index (χ0n) is 16.1. The molecule has 0 unspecified atom stereocenters. The van der Waals surface area contributed by atoms with Gasteiger partial charge in [-0.1, -0.05) is 6.07 Å². The average Bonchev–Trinajstić information content (AvgIpc) is 2.76. The van der Waals surface area contributed by atoms with E-state index in [1.165, 1.54) is 18.2 Å². The van der Waals surface area contributed by atoms with E-state index in [0.29, 0.717) is 40.5 Å². The van der Waals surface area contributed by atoms with Crippen LogP contribution in [-0.2, 0) is 18.0 Å². The lowest BCUT2D eigenvalue weighted by molar-refractivity contribution is -0.385. The zero-order valence-corrected chi connectivity index (χ0v) is 16.1. The predicted molar refractivity (Wildman–Crippen MR) is 105 cm³/mol. The number of benzene rings is 2.